The standard InChI is InChI=1S/C24H28ClN3O3S2/c1-16-12-19-13-20(25)3-2-18(19)14-22(16)33(30,31)11-6-23(29)27-8-4-17(5-9-27)21-15-28-10-7-26-24(28)32-21/h2-3,13-17H,4-12H2,1H3. The predicted octanol–water partition coefficient (Wildman–Crippen LogP) is 4.18. The van der Waals surface area contributed by atoms with Gasteiger partial charge < -0.3 is 9.80 Å². The zero-order chi connectivity index (χ0) is 23.2. The van der Waals surface area contributed by atoms with Gasteiger partial charge in [-0.15, -0.1) is 0 Å². The topological polar surface area (TPSA) is 70.1 Å². The van der Waals surface area contributed by atoms with Crippen molar-refractivity contribution in [3.05, 3.63) is 50.4 Å². The van der Waals surface area contributed by atoms with Gasteiger partial charge in [0.1, 0.15) is 0 Å². The Labute approximate surface area is 204 Å². The molecular weight excluding hydrogens is 478 g/mol. The van der Waals surface area contributed by atoms with Gasteiger partial charge in [0.05, 0.1) is 12.3 Å². The van der Waals surface area contributed by atoms with Crippen LogP contribution < -0.4 is 0 Å². The molecule has 5 rings (SSSR count). The molecule has 6 nitrogen and oxygen atoms in total. The predicted molar refractivity (Wildman–Crippen MR) is 135 cm³/mol. The molecule has 1 atom stereocenters. The molecule has 9 heteroatoms. The first-order valence-electron chi connectivity index (χ1n) is 11.5. The van der Waals surface area contributed by atoms with E-state index < -0.39 is 9.84 Å². The minimum atomic E-state index is -3.50. The zero-order valence-electron chi connectivity index (χ0n) is 18.7. The van der Waals surface area contributed by atoms with E-state index in [9.17, 15) is 13.2 Å². The molecule has 4 aliphatic rings. The second-order valence-electron chi connectivity index (χ2n) is 9.21. The van der Waals surface area contributed by atoms with Crippen molar-refractivity contribution in [1.82, 2.24) is 9.80 Å². The monoisotopic (exact) mass is 505 g/mol. The van der Waals surface area contributed by atoms with Gasteiger partial charge in [-0.25, -0.2) is 8.42 Å². The van der Waals surface area contributed by atoms with E-state index in [0.717, 1.165) is 42.2 Å². The number of allylic oxidation sites excluding steroid dienone is 2. The van der Waals surface area contributed by atoms with E-state index in [-0.39, 0.29) is 24.0 Å². The van der Waals surface area contributed by atoms with Crippen molar-refractivity contribution in [3.63, 3.8) is 0 Å². The van der Waals surface area contributed by atoms with E-state index in [1.165, 1.54) is 4.91 Å². The van der Waals surface area contributed by atoms with Gasteiger partial charge in [-0.1, -0.05) is 36.4 Å². The summed E-state index contributed by atoms with van der Waals surface area (Å²) in [4.78, 5) is 23.2. The lowest BCUT2D eigenvalue weighted by Crippen LogP contribution is -2.39. The van der Waals surface area contributed by atoms with Crippen LogP contribution in [0, 0.1) is 11.8 Å². The number of rotatable bonds is 5. The van der Waals surface area contributed by atoms with Crippen LogP contribution in [-0.4, -0.2) is 61.2 Å². The molecule has 1 unspecified atom stereocenters. The maximum absolute atomic E-state index is 13.1. The van der Waals surface area contributed by atoms with Crippen LogP contribution in [0.4, 0.5) is 0 Å². The Morgan fingerprint density at radius 2 is 2.03 bits per heavy atom. The molecule has 176 valence electrons. The van der Waals surface area contributed by atoms with E-state index in [1.54, 1.807) is 23.9 Å². The number of likely N-dealkylation sites (tertiary alicyclic amines) is 1. The highest BCUT2D eigenvalue weighted by molar-refractivity contribution is 8.17. The highest BCUT2D eigenvalue weighted by Crippen LogP contribution is 2.40. The zero-order valence-corrected chi connectivity index (χ0v) is 21.1. The van der Waals surface area contributed by atoms with E-state index in [4.69, 9.17) is 11.6 Å². The summed E-state index contributed by atoms with van der Waals surface area (Å²) in [6.45, 7) is 5.12. The van der Waals surface area contributed by atoms with Gasteiger partial charge >= 0.3 is 0 Å². The van der Waals surface area contributed by atoms with Crippen LogP contribution in [0.5, 0.6) is 0 Å². The van der Waals surface area contributed by atoms with Crippen molar-refractivity contribution >= 4 is 50.4 Å². The van der Waals surface area contributed by atoms with Gasteiger partial charge in [-0.3, -0.25) is 9.79 Å². The molecular formula is C24H28ClN3O3S2. The first-order chi connectivity index (χ1) is 15.8. The number of hydrogen-bond donors (Lipinski definition) is 0. The summed E-state index contributed by atoms with van der Waals surface area (Å²) in [6.07, 6.45) is 6.48. The van der Waals surface area contributed by atoms with Crippen LogP contribution in [0.1, 0.15) is 37.3 Å². The smallest absolute Gasteiger partial charge is 0.223 e. The average molecular weight is 506 g/mol. The molecule has 0 bridgehead atoms. The van der Waals surface area contributed by atoms with Crippen molar-refractivity contribution in [1.29, 1.82) is 0 Å². The number of fused-ring (bicyclic) bond motifs is 2. The molecule has 1 saturated heterocycles. The summed E-state index contributed by atoms with van der Waals surface area (Å²) in [7, 11) is -3.50. The molecule has 1 aliphatic carbocycles. The third-order valence-electron chi connectivity index (χ3n) is 6.93. The van der Waals surface area contributed by atoms with Gasteiger partial charge in [-0.2, -0.15) is 0 Å². The fraction of sp³-hybridized carbons (Fsp3) is 0.500. The minimum absolute atomic E-state index is 0.0343. The Morgan fingerprint density at radius 1 is 1.24 bits per heavy atom. The third kappa shape index (κ3) is 4.75. The molecule has 0 radical (unpaired) electrons. The SMILES string of the molecule is CC1Cc2cc(Cl)ccc2C=C1S(=O)(=O)CCC(=O)N1CCC(C2=CN3CCN=C3S2)CC1. The van der Waals surface area contributed by atoms with E-state index in [1.807, 2.05) is 24.0 Å². The second kappa shape index (κ2) is 9.12. The number of sulfone groups is 1. The first-order valence-corrected chi connectivity index (χ1v) is 14.4. The number of aliphatic imine (C=N–C) groups is 1. The highest BCUT2D eigenvalue weighted by atomic mass is 35.5. The lowest BCUT2D eigenvalue weighted by Gasteiger charge is -2.32. The summed E-state index contributed by atoms with van der Waals surface area (Å²) >= 11 is 7.85. The number of thioether (sulfide) groups is 1. The van der Waals surface area contributed by atoms with E-state index in [2.05, 4.69) is 16.1 Å². The fourth-order valence-electron chi connectivity index (χ4n) is 5.05. The number of halogens is 1. The molecule has 3 heterocycles. The Kier molecular flexibility index (Phi) is 6.35. The first kappa shape index (κ1) is 23.0. The van der Waals surface area contributed by atoms with Crippen LogP contribution >= 0.6 is 23.4 Å². The minimum Gasteiger partial charge on any atom is -0.343 e. The molecule has 0 aromatic heterocycles. The molecule has 1 aromatic carbocycles. The van der Waals surface area contributed by atoms with Gasteiger partial charge in [0.15, 0.2) is 15.0 Å². The lowest BCUT2D eigenvalue weighted by molar-refractivity contribution is -0.131. The van der Waals surface area contributed by atoms with Crippen LogP contribution in [-0.2, 0) is 21.1 Å². The van der Waals surface area contributed by atoms with Gasteiger partial charge in [0.2, 0.25) is 5.91 Å². The third-order valence-corrected chi connectivity index (χ3v) is 10.4. The van der Waals surface area contributed by atoms with E-state index in [0.29, 0.717) is 35.4 Å². The molecule has 1 aromatic rings. The summed E-state index contributed by atoms with van der Waals surface area (Å²) in [5.74, 6) is 0.133. The number of hydrogen-bond acceptors (Lipinski definition) is 6. The number of benzene rings is 1. The Morgan fingerprint density at radius 3 is 2.79 bits per heavy atom. The summed E-state index contributed by atoms with van der Waals surface area (Å²) < 4.78 is 26.2. The second-order valence-corrected chi connectivity index (χ2v) is 12.8. The molecule has 33 heavy (non-hydrogen) atoms. The number of carbonyl (C=O) groups is 1. The quantitative estimate of drug-likeness (QED) is 0.600. The summed E-state index contributed by atoms with van der Waals surface area (Å²) in [5.41, 5.74) is 1.96. The Balaban J connectivity index is 1.17. The number of piperidine rings is 1. The van der Waals surface area contributed by atoms with Crippen LogP contribution in [0.25, 0.3) is 6.08 Å². The summed E-state index contributed by atoms with van der Waals surface area (Å²) in [6, 6.07) is 5.54. The molecule has 0 N–H and O–H groups in total. The van der Waals surface area contributed by atoms with Crippen molar-refractivity contribution in [2.75, 3.05) is 31.9 Å². The number of carbonyl (C=O) groups excluding carboxylic acids is 1. The van der Waals surface area contributed by atoms with Gasteiger partial charge in [-0.05, 0) is 60.4 Å². The molecule has 0 spiro atoms. The maximum atomic E-state index is 13.1. The number of nitrogens with zero attached hydrogens (tertiary/aromatic N) is 3. The Bertz CT molecular complexity index is 1170. The Hall–Kier alpha value is -1.77. The lowest BCUT2D eigenvalue weighted by atomic mass is 9.91. The van der Waals surface area contributed by atoms with Crippen molar-refractivity contribution in [3.8, 4) is 0 Å². The number of amides is 1. The summed E-state index contributed by atoms with van der Waals surface area (Å²) in [5, 5.41) is 1.76. The fourth-order valence-corrected chi connectivity index (χ4v) is 8.14. The van der Waals surface area contributed by atoms with Crippen LogP contribution in [0.15, 0.2) is 39.2 Å². The molecule has 1 amide bonds. The van der Waals surface area contributed by atoms with Crippen molar-refractivity contribution in [2.45, 2.75) is 32.6 Å². The normalized spacial score (nSPS) is 23.1. The molecule has 0 saturated carbocycles. The largest absolute Gasteiger partial charge is 0.343 e. The molecule has 1 fully saturated rings. The van der Waals surface area contributed by atoms with Crippen LogP contribution in [0.2, 0.25) is 5.02 Å². The molecule has 3 aliphatic heterocycles. The maximum Gasteiger partial charge on any atom is 0.223 e. The van der Waals surface area contributed by atoms with Gasteiger partial charge in [0.25, 0.3) is 0 Å². The number of amidine groups is 1. The van der Waals surface area contributed by atoms with Crippen molar-refractivity contribution in [2.24, 2.45) is 16.8 Å². The highest BCUT2D eigenvalue weighted by Gasteiger charge is 2.33. The van der Waals surface area contributed by atoms with Crippen molar-refractivity contribution < 1.29 is 13.2 Å². The van der Waals surface area contributed by atoms with Crippen LogP contribution in [0.3, 0.4) is 0 Å². The average Bonchev–Trinajstić information content (AvgIpc) is 3.39. The van der Waals surface area contributed by atoms with Gasteiger partial charge in [0, 0.05) is 47.1 Å². The van der Waals surface area contributed by atoms with E-state index >= 15 is 0 Å².